The summed E-state index contributed by atoms with van der Waals surface area (Å²) in [5, 5.41) is 2.89. The van der Waals surface area contributed by atoms with Crippen LogP contribution in [0, 0.1) is 5.92 Å². The molecule has 1 unspecified atom stereocenters. The fourth-order valence-corrected chi connectivity index (χ4v) is 1.87. The molecule has 0 aliphatic carbocycles. The molecule has 0 aliphatic rings. The van der Waals surface area contributed by atoms with Gasteiger partial charge >= 0.3 is 12.0 Å². The Hall–Kier alpha value is -1.59. The molecule has 0 spiro atoms. The molecule has 6 heteroatoms. The van der Waals surface area contributed by atoms with Gasteiger partial charge in [-0.2, -0.15) is 9.97 Å². The second-order valence-corrected chi connectivity index (χ2v) is 5.37. The van der Waals surface area contributed by atoms with Crippen LogP contribution in [-0.4, -0.2) is 34.7 Å². The van der Waals surface area contributed by atoms with Gasteiger partial charge in [-0.3, -0.25) is 0 Å². The van der Waals surface area contributed by atoms with E-state index in [9.17, 15) is 0 Å². The third kappa shape index (κ3) is 6.60. The first kappa shape index (κ1) is 17.5. The fourth-order valence-electron chi connectivity index (χ4n) is 1.87. The smallest absolute Gasteiger partial charge is 0.324 e. The van der Waals surface area contributed by atoms with Gasteiger partial charge in [-0.05, 0) is 26.2 Å². The summed E-state index contributed by atoms with van der Waals surface area (Å²) in [5.74, 6) is 0.992. The Morgan fingerprint density at radius 1 is 1.10 bits per heavy atom. The zero-order chi connectivity index (χ0) is 15.7. The Kier molecular flexibility index (Phi) is 7.79. The molecule has 0 amide bonds. The van der Waals surface area contributed by atoms with Gasteiger partial charge in [0, 0.05) is 7.05 Å². The zero-order valence-electron chi connectivity index (χ0n) is 13.8. The molecule has 0 radical (unpaired) electrons. The molecule has 1 atom stereocenters. The van der Waals surface area contributed by atoms with E-state index in [1.54, 1.807) is 7.05 Å². The summed E-state index contributed by atoms with van der Waals surface area (Å²) in [6.07, 6.45) is 4.71. The summed E-state index contributed by atoms with van der Waals surface area (Å²) in [6, 6.07) is 0.612. The first-order chi connectivity index (χ1) is 10.1. The number of anilines is 1. The minimum Gasteiger partial charge on any atom is -0.463 e. The predicted molar refractivity (Wildman–Crippen MR) is 83.9 cm³/mol. The van der Waals surface area contributed by atoms with Crippen LogP contribution in [0.25, 0.3) is 0 Å². The summed E-state index contributed by atoms with van der Waals surface area (Å²) in [7, 11) is 1.76. The summed E-state index contributed by atoms with van der Waals surface area (Å²) in [6.45, 7) is 8.88. The molecule has 6 nitrogen and oxygen atoms in total. The average Bonchev–Trinajstić information content (AvgIpc) is 2.46. The van der Waals surface area contributed by atoms with Crippen LogP contribution in [0.4, 0.5) is 5.95 Å². The zero-order valence-corrected chi connectivity index (χ0v) is 13.8. The highest BCUT2D eigenvalue weighted by molar-refractivity contribution is 5.26. The SMILES string of the molecule is CCCCC(CC)COc1nc(NC)nc(OC(C)C)n1. The largest absolute Gasteiger partial charge is 0.463 e. The van der Waals surface area contributed by atoms with Crippen molar-refractivity contribution in [2.45, 2.75) is 59.5 Å². The Bertz CT molecular complexity index is 413. The first-order valence-corrected chi connectivity index (χ1v) is 7.82. The topological polar surface area (TPSA) is 69.2 Å². The molecule has 0 aromatic carbocycles. The maximum Gasteiger partial charge on any atom is 0.324 e. The second-order valence-electron chi connectivity index (χ2n) is 5.37. The summed E-state index contributed by atoms with van der Waals surface area (Å²) in [4.78, 5) is 12.6. The molecule has 1 aromatic heterocycles. The molecular formula is C15H28N4O2. The van der Waals surface area contributed by atoms with Crippen LogP contribution in [0.2, 0.25) is 0 Å². The van der Waals surface area contributed by atoms with Gasteiger partial charge in [0.15, 0.2) is 0 Å². The lowest BCUT2D eigenvalue weighted by Crippen LogP contribution is -2.15. The van der Waals surface area contributed by atoms with Crippen molar-refractivity contribution in [2.24, 2.45) is 5.92 Å². The average molecular weight is 296 g/mol. The number of ether oxygens (including phenoxy) is 2. The number of nitrogens with one attached hydrogen (secondary N) is 1. The van der Waals surface area contributed by atoms with Crippen LogP contribution in [0.15, 0.2) is 0 Å². The molecular weight excluding hydrogens is 268 g/mol. The van der Waals surface area contributed by atoms with E-state index in [4.69, 9.17) is 9.47 Å². The Morgan fingerprint density at radius 2 is 1.81 bits per heavy atom. The van der Waals surface area contributed by atoms with Gasteiger partial charge < -0.3 is 14.8 Å². The summed E-state index contributed by atoms with van der Waals surface area (Å²) in [5.41, 5.74) is 0. The van der Waals surface area contributed by atoms with E-state index < -0.39 is 0 Å². The molecule has 1 heterocycles. The molecule has 1 rings (SSSR count). The van der Waals surface area contributed by atoms with Crippen molar-refractivity contribution in [3.8, 4) is 12.0 Å². The highest BCUT2D eigenvalue weighted by Crippen LogP contribution is 2.17. The van der Waals surface area contributed by atoms with E-state index in [0.717, 1.165) is 6.42 Å². The summed E-state index contributed by atoms with van der Waals surface area (Å²) < 4.78 is 11.3. The van der Waals surface area contributed by atoms with Crippen LogP contribution in [0.5, 0.6) is 12.0 Å². The molecule has 0 saturated carbocycles. The van der Waals surface area contributed by atoms with E-state index in [-0.39, 0.29) is 6.10 Å². The highest BCUT2D eigenvalue weighted by Gasteiger charge is 2.12. The van der Waals surface area contributed by atoms with Crippen molar-refractivity contribution >= 4 is 5.95 Å². The Morgan fingerprint density at radius 3 is 2.38 bits per heavy atom. The number of nitrogens with zero attached hydrogens (tertiary/aromatic N) is 3. The monoisotopic (exact) mass is 296 g/mol. The minimum atomic E-state index is 0.0119. The van der Waals surface area contributed by atoms with Crippen molar-refractivity contribution in [3.63, 3.8) is 0 Å². The number of hydrogen-bond donors (Lipinski definition) is 1. The molecule has 1 N–H and O–H groups in total. The van der Waals surface area contributed by atoms with Crippen LogP contribution in [-0.2, 0) is 0 Å². The van der Waals surface area contributed by atoms with Crippen LogP contribution in [0.3, 0.4) is 0 Å². The van der Waals surface area contributed by atoms with Crippen LogP contribution in [0.1, 0.15) is 53.4 Å². The second kappa shape index (κ2) is 9.37. The van der Waals surface area contributed by atoms with E-state index in [1.165, 1.54) is 19.3 Å². The van der Waals surface area contributed by atoms with E-state index in [2.05, 4.69) is 34.1 Å². The van der Waals surface area contributed by atoms with Gasteiger partial charge in [0.2, 0.25) is 5.95 Å². The Balaban J connectivity index is 2.68. The van der Waals surface area contributed by atoms with Gasteiger partial charge in [0.25, 0.3) is 0 Å². The lowest BCUT2D eigenvalue weighted by Gasteiger charge is -2.15. The third-order valence-corrected chi connectivity index (χ3v) is 3.15. The van der Waals surface area contributed by atoms with Crippen molar-refractivity contribution in [2.75, 3.05) is 19.0 Å². The molecule has 0 aliphatic heterocycles. The third-order valence-electron chi connectivity index (χ3n) is 3.15. The molecule has 1 aromatic rings. The van der Waals surface area contributed by atoms with Gasteiger partial charge in [0.05, 0.1) is 12.7 Å². The first-order valence-electron chi connectivity index (χ1n) is 7.82. The lowest BCUT2D eigenvalue weighted by atomic mass is 10.0. The van der Waals surface area contributed by atoms with Gasteiger partial charge in [-0.15, -0.1) is 4.98 Å². The van der Waals surface area contributed by atoms with Crippen LogP contribution < -0.4 is 14.8 Å². The van der Waals surface area contributed by atoms with Crippen molar-refractivity contribution in [1.29, 1.82) is 0 Å². The van der Waals surface area contributed by atoms with Crippen molar-refractivity contribution in [3.05, 3.63) is 0 Å². The molecule has 21 heavy (non-hydrogen) atoms. The van der Waals surface area contributed by atoms with E-state index >= 15 is 0 Å². The number of aromatic nitrogens is 3. The predicted octanol–water partition coefficient (Wildman–Crippen LogP) is 3.30. The maximum absolute atomic E-state index is 5.74. The standard InChI is InChI=1S/C15H28N4O2/c1-6-8-9-12(7-2)10-20-14-17-13(16-5)18-15(19-14)21-11(3)4/h11-12H,6-10H2,1-5H3,(H,16,17,18,19). The van der Waals surface area contributed by atoms with E-state index in [1.807, 2.05) is 13.8 Å². The molecule has 0 saturated heterocycles. The molecule has 0 bridgehead atoms. The summed E-state index contributed by atoms with van der Waals surface area (Å²) >= 11 is 0. The normalized spacial score (nSPS) is 12.3. The van der Waals surface area contributed by atoms with Gasteiger partial charge in [0.1, 0.15) is 0 Å². The number of unbranched alkanes of at least 4 members (excludes halogenated alkanes) is 1. The van der Waals surface area contributed by atoms with Crippen molar-refractivity contribution in [1.82, 2.24) is 15.0 Å². The highest BCUT2D eigenvalue weighted by atomic mass is 16.5. The van der Waals surface area contributed by atoms with Gasteiger partial charge in [-0.25, -0.2) is 0 Å². The molecule has 120 valence electrons. The minimum absolute atomic E-state index is 0.0119. The molecule has 0 fully saturated rings. The fraction of sp³-hybridized carbons (Fsp3) is 0.800. The Labute approximate surface area is 127 Å². The lowest BCUT2D eigenvalue weighted by molar-refractivity contribution is 0.197. The maximum atomic E-state index is 5.74. The number of hydrogen-bond acceptors (Lipinski definition) is 6. The van der Waals surface area contributed by atoms with Crippen LogP contribution >= 0.6 is 0 Å². The number of rotatable bonds is 10. The van der Waals surface area contributed by atoms with E-state index in [0.29, 0.717) is 30.5 Å². The van der Waals surface area contributed by atoms with Gasteiger partial charge in [-0.1, -0.05) is 33.1 Å². The van der Waals surface area contributed by atoms with Crippen molar-refractivity contribution < 1.29 is 9.47 Å². The quantitative estimate of drug-likeness (QED) is 0.714.